The second kappa shape index (κ2) is 9.67. The first-order valence-corrected chi connectivity index (χ1v) is 10.9. The molecule has 0 aliphatic carbocycles. The van der Waals surface area contributed by atoms with Gasteiger partial charge in [0.2, 0.25) is 5.91 Å². The number of unbranched alkanes of at least 4 members (excludes halogenated alkanes) is 1. The molecule has 0 atom stereocenters. The molecule has 6 nitrogen and oxygen atoms in total. The highest BCUT2D eigenvalue weighted by Gasteiger charge is 2.18. The van der Waals surface area contributed by atoms with Crippen LogP contribution in [0.2, 0.25) is 10.0 Å². The zero-order valence-electron chi connectivity index (χ0n) is 17.4. The number of pyridine rings is 1. The maximum absolute atomic E-state index is 13.1. The number of fused-ring (bicyclic) bond motifs is 1. The number of nitrogens with one attached hydrogen (secondary N) is 1. The number of rotatable bonds is 8. The average Bonchev–Trinajstić information content (AvgIpc) is 2.92. The third kappa shape index (κ3) is 5.05. The summed E-state index contributed by atoms with van der Waals surface area (Å²) >= 11 is 12.3. The molecular weight excluding hydrogens is 423 g/mol. The molecule has 1 amide bonds. The highest BCUT2D eigenvalue weighted by Crippen LogP contribution is 2.28. The predicted molar refractivity (Wildman–Crippen MR) is 122 cm³/mol. The molecular formula is C22H26Cl2N4O2. The van der Waals surface area contributed by atoms with Gasteiger partial charge in [-0.15, -0.1) is 0 Å². The summed E-state index contributed by atoms with van der Waals surface area (Å²) < 4.78 is 3.12. The van der Waals surface area contributed by atoms with Gasteiger partial charge in [-0.05, 0) is 42.2 Å². The Balaban J connectivity index is 2.07. The first kappa shape index (κ1) is 22.4. The van der Waals surface area contributed by atoms with Crippen molar-refractivity contribution in [3.05, 3.63) is 51.0 Å². The number of benzene rings is 1. The molecule has 1 aromatic carbocycles. The molecule has 0 aliphatic heterocycles. The fraction of sp³-hybridized carbons (Fsp3) is 0.409. The maximum Gasteiger partial charge on any atom is 0.330 e. The number of amides is 1. The van der Waals surface area contributed by atoms with Crippen LogP contribution in [0.5, 0.6) is 0 Å². The Morgan fingerprint density at radius 3 is 2.43 bits per heavy atom. The van der Waals surface area contributed by atoms with Crippen molar-refractivity contribution < 1.29 is 4.79 Å². The largest absolute Gasteiger partial charge is 0.355 e. The Hall–Kier alpha value is -2.31. The maximum atomic E-state index is 13.1. The van der Waals surface area contributed by atoms with Crippen LogP contribution < -0.4 is 11.0 Å². The van der Waals surface area contributed by atoms with E-state index in [1.54, 1.807) is 29.0 Å². The molecule has 30 heavy (non-hydrogen) atoms. The number of halogens is 2. The van der Waals surface area contributed by atoms with Gasteiger partial charge < -0.3 is 5.32 Å². The summed E-state index contributed by atoms with van der Waals surface area (Å²) in [7, 11) is 0. The lowest BCUT2D eigenvalue weighted by atomic mass is 10.1. The number of hydrogen-bond donors (Lipinski definition) is 1. The molecule has 0 spiro atoms. The van der Waals surface area contributed by atoms with Crippen LogP contribution in [0.4, 0.5) is 0 Å². The number of imidazole rings is 1. The molecule has 3 rings (SSSR count). The second-order valence-electron chi connectivity index (χ2n) is 7.80. The molecule has 0 radical (unpaired) electrons. The topological polar surface area (TPSA) is 68.9 Å². The Labute approximate surface area is 185 Å². The summed E-state index contributed by atoms with van der Waals surface area (Å²) in [5.41, 5.74) is 2.55. The fourth-order valence-electron chi connectivity index (χ4n) is 3.36. The van der Waals surface area contributed by atoms with E-state index in [4.69, 9.17) is 23.2 Å². The first-order valence-electron chi connectivity index (χ1n) is 10.1. The number of hydrogen-bond acceptors (Lipinski definition) is 3. The van der Waals surface area contributed by atoms with Gasteiger partial charge in [0.15, 0.2) is 5.65 Å². The van der Waals surface area contributed by atoms with Crippen LogP contribution in [0.1, 0.15) is 33.6 Å². The van der Waals surface area contributed by atoms with Gasteiger partial charge in [-0.2, -0.15) is 0 Å². The van der Waals surface area contributed by atoms with Crippen LogP contribution >= 0.6 is 23.2 Å². The standard InChI is InChI=1S/C22H26Cl2N4O2/c1-4-5-6-25-20(29)13-28-21-19(27(22(28)30)12-14(2)3)9-16(11-26-21)15-7-17(23)10-18(24)8-15/h7-11,14H,4-6,12-13H2,1-3H3,(H,25,29). The van der Waals surface area contributed by atoms with Gasteiger partial charge in [0.1, 0.15) is 6.54 Å². The van der Waals surface area contributed by atoms with E-state index < -0.39 is 0 Å². The highest BCUT2D eigenvalue weighted by molar-refractivity contribution is 6.35. The predicted octanol–water partition coefficient (Wildman–Crippen LogP) is 4.74. The molecule has 0 saturated carbocycles. The number of nitrogens with zero attached hydrogens (tertiary/aromatic N) is 3. The zero-order chi connectivity index (χ0) is 21.8. The average molecular weight is 449 g/mol. The molecule has 0 fully saturated rings. The zero-order valence-corrected chi connectivity index (χ0v) is 18.9. The lowest BCUT2D eigenvalue weighted by molar-refractivity contribution is -0.121. The third-order valence-electron chi connectivity index (χ3n) is 4.75. The molecule has 1 N–H and O–H groups in total. The molecule has 0 bridgehead atoms. The van der Waals surface area contributed by atoms with E-state index in [1.165, 1.54) is 4.57 Å². The van der Waals surface area contributed by atoms with Crippen molar-refractivity contribution in [3.8, 4) is 11.1 Å². The van der Waals surface area contributed by atoms with Crippen molar-refractivity contribution in [2.75, 3.05) is 6.54 Å². The quantitative estimate of drug-likeness (QED) is 0.505. The first-order chi connectivity index (χ1) is 14.3. The minimum Gasteiger partial charge on any atom is -0.355 e. The SMILES string of the molecule is CCCCNC(=O)Cn1c(=O)n(CC(C)C)c2cc(-c3cc(Cl)cc(Cl)c3)cnc21. The molecule has 160 valence electrons. The molecule has 2 heterocycles. The van der Waals surface area contributed by atoms with E-state index in [0.29, 0.717) is 34.3 Å². The van der Waals surface area contributed by atoms with E-state index in [9.17, 15) is 9.59 Å². The van der Waals surface area contributed by atoms with Gasteiger partial charge in [0, 0.05) is 34.9 Å². The monoisotopic (exact) mass is 448 g/mol. The van der Waals surface area contributed by atoms with E-state index >= 15 is 0 Å². The lowest BCUT2D eigenvalue weighted by Gasteiger charge is -2.08. The summed E-state index contributed by atoms with van der Waals surface area (Å²) in [6, 6.07) is 7.18. The number of carbonyl (C=O) groups excluding carboxylic acids is 1. The van der Waals surface area contributed by atoms with Crippen LogP contribution in [-0.4, -0.2) is 26.6 Å². The van der Waals surface area contributed by atoms with E-state index in [1.807, 2.05) is 19.9 Å². The van der Waals surface area contributed by atoms with Crippen molar-refractivity contribution in [2.24, 2.45) is 5.92 Å². The van der Waals surface area contributed by atoms with E-state index in [-0.39, 0.29) is 24.1 Å². The molecule has 0 saturated heterocycles. The Morgan fingerprint density at radius 2 is 1.80 bits per heavy atom. The van der Waals surface area contributed by atoms with Crippen molar-refractivity contribution in [1.29, 1.82) is 0 Å². The molecule has 8 heteroatoms. The Bertz CT molecular complexity index is 1100. The molecule has 2 aromatic heterocycles. The van der Waals surface area contributed by atoms with Crippen molar-refractivity contribution in [2.45, 2.75) is 46.7 Å². The van der Waals surface area contributed by atoms with Crippen LogP contribution in [0.3, 0.4) is 0 Å². The summed E-state index contributed by atoms with van der Waals surface area (Å²) in [6.45, 7) is 7.22. The van der Waals surface area contributed by atoms with Crippen LogP contribution in [-0.2, 0) is 17.9 Å². The summed E-state index contributed by atoms with van der Waals surface area (Å²) in [5, 5.41) is 3.91. The van der Waals surface area contributed by atoms with Crippen LogP contribution in [0.15, 0.2) is 35.3 Å². The second-order valence-corrected chi connectivity index (χ2v) is 8.67. The number of carbonyl (C=O) groups is 1. The van der Waals surface area contributed by atoms with Gasteiger partial charge in [-0.3, -0.25) is 13.9 Å². The summed E-state index contributed by atoms with van der Waals surface area (Å²) in [6.07, 6.45) is 3.57. The van der Waals surface area contributed by atoms with Gasteiger partial charge in [-0.1, -0.05) is 50.4 Å². The minimum absolute atomic E-state index is 0.0561. The third-order valence-corrected chi connectivity index (χ3v) is 5.19. The number of aromatic nitrogens is 3. The van der Waals surface area contributed by atoms with Gasteiger partial charge in [0.05, 0.1) is 5.52 Å². The normalized spacial score (nSPS) is 11.4. The van der Waals surface area contributed by atoms with Gasteiger partial charge >= 0.3 is 5.69 Å². The van der Waals surface area contributed by atoms with Crippen molar-refractivity contribution in [3.63, 3.8) is 0 Å². The van der Waals surface area contributed by atoms with E-state index in [2.05, 4.69) is 17.2 Å². The highest BCUT2D eigenvalue weighted by atomic mass is 35.5. The fourth-order valence-corrected chi connectivity index (χ4v) is 3.88. The molecule has 0 aliphatic rings. The summed E-state index contributed by atoms with van der Waals surface area (Å²) in [4.78, 5) is 30.0. The van der Waals surface area contributed by atoms with Crippen molar-refractivity contribution in [1.82, 2.24) is 19.4 Å². The molecule has 3 aromatic rings. The Kier molecular flexibility index (Phi) is 7.21. The van der Waals surface area contributed by atoms with Crippen LogP contribution in [0, 0.1) is 5.92 Å². The lowest BCUT2D eigenvalue weighted by Crippen LogP contribution is -2.34. The smallest absolute Gasteiger partial charge is 0.330 e. The van der Waals surface area contributed by atoms with Gasteiger partial charge in [0.25, 0.3) is 0 Å². The van der Waals surface area contributed by atoms with Gasteiger partial charge in [-0.25, -0.2) is 9.78 Å². The molecule has 0 unspecified atom stereocenters. The minimum atomic E-state index is -0.238. The summed E-state index contributed by atoms with van der Waals surface area (Å²) in [5.74, 6) is 0.0612. The van der Waals surface area contributed by atoms with Crippen molar-refractivity contribution >= 4 is 40.3 Å². The van der Waals surface area contributed by atoms with Crippen LogP contribution in [0.25, 0.3) is 22.3 Å². The van der Waals surface area contributed by atoms with E-state index in [0.717, 1.165) is 24.0 Å². The Morgan fingerprint density at radius 1 is 1.10 bits per heavy atom.